The van der Waals surface area contributed by atoms with Gasteiger partial charge in [0.2, 0.25) is 0 Å². The molecule has 0 aromatic carbocycles. The molecule has 5 heteroatoms. The Morgan fingerprint density at radius 1 is 1.47 bits per heavy atom. The lowest BCUT2D eigenvalue weighted by molar-refractivity contribution is 0.448. The maximum Gasteiger partial charge on any atom is 0.169 e. The molecule has 0 radical (unpaired) electrons. The molecule has 0 aliphatic heterocycles. The van der Waals surface area contributed by atoms with Crippen molar-refractivity contribution in [1.29, 1.82) is 0 Å². The number of rotatable bonds is 4. The first-order valence-electron chi connectivity index (χ1n) is 5.48. The van der Waals surface area contributed by atoms with Gasteiger partial charge in [-0.25, -0.2) is 4.98 Å². The lowest BCUT2D eigenvalue weighted by Crippen LogP contribution is -2.17. The van der Waals surface area contributed by atoms with E-state index in [0.29, 0.717) is 6.04 Å². The molecule has 0 saturated heterocycles. The number of aryl methyl sites for hydroxylation is 2. The van der Waals surface area contributed by atoms with Crippen molar-refractivity contribution in [1.82, 2.24) is 10.3 Å². The monoisotopic (exact) mass is 314 g/mol. The summed E-state index contributed by atoms with van der Waals surface area (Å²) in [7, 11) is 0. The summed E-state index contributed by atoms with van der Waals surface area (Å²) >= 11 is 5.05. The zero-order valence-corrected chi connectivity index (χ0v) is 12.5. The molecule has 0 fully saturated rings. The van der Waals surface area contributed by atoms with Crippen LogP contribution in [0.3, 0.4) is 0 Å². The molecule has 0 saturated carbocycles. The van der Waals surface area contributed by atoms with Crippen LogP contribution in [0, 0.1) is 13.8 Å². The van der Waals surface area contributed by atoms with Crippen molar-refractivity contribution >= 4 is 27.3 Å². The summed E-state index contributed by atoms with van der Waals surface area (Å²) in [5.74, 6) is 0.933. The molecule has 0 aliphatic rings. The van der Waals surface area contributed by atoms with Crippen LogP contribution in [0.2, 0.25) is 0 Å². The van der Waals surface area contributed by atoms with Crippen molar-refractivity contribution in [3.63, 3.8) is 0 Å². The van der Waals surface area contributed by atoms with E-state index >= 15 is 0 Å². The quantitative estimate of drug-likeness (QED) is 0.928. The third-order valence-corrected chi connectivity index (χ3v) is 4.23. The summed E-state index contributed by atoms with van der Waals surface area (Å²) in [6, 6.07) is 4.17. The number of furan rings is 1. The van der Waals surface area contributed by atoms with Crippen molar-refractivity contribution in [3.8, 4) is 0 Å². The molecule has 0 bridgehead atoms. The van der Waals surface area contributed by atoms with Crippen molar-refractivity contribution in [2.24, 2.45) is 0 Å². The molecule has 0 aliphatic carbocycles. The van der Waals surface area contributed by atoms with Gasteiger partial charge >= 0.3 is 0 Å². The van der Waals surface area contributed by atoms with E-state index in [2.05, 4.69) is 40.1 Å². The van der Waals surface area contributed by atoms with Crippen LogP contribution in [0.5, 0.6) is 0 Å². The average molecular weight is 315 g/mol. The van der Waals surface area contributed by atoms with E-state index < -0.39 is 0 Å². The molecule has 2 aromatic heterocycles. The average Bonchev–Trinajstić information content (AvgIpc) is 2.81. The highest BCUT2D eigenvalue weighted by Gasteiger charge is 2.12. The van der Waals surface area contributed by atoms with Gasteiger partial charge in [-0.05, 0) is 48.8 Å². The van der Waals surface area contributed by atoms with Gasteiger partial charge < -0.3 is 9.73 Å². The molecule has 92 valence electrons. The lowest BCUT2D eigenvalue weighted by atomic mass is 10.2. The molecule has 2 rings (SSSR count). The molecule has 2 heterocycles. The predicted octanol–water partition coefficient (Wildman–Crippen LogP) is 3.97. The highest BCUT2D eigenvalue weighted by molar-refractivity contribution is 9.10. The zero-order valence-electron chi connectivity index (χ0n) is 10.1. The van der Waals surface area contributed by atoms with Crippen molar-refractivity contribution in [2.45, 2.75) is 33.4 Å². The standard InChI is InChI=1S/C12H15BrN2OS/c1-7(12-8(2)15-9(3)17-12)14-6-10-4-5-11(13)16-10/h4-5,7,14H,6H2,1-3H3. The summed E-state index contributed by atoms with van der Waals surface area (Å²) in [6.07, 6.45) is 0. The van der Waals surface area contributed by atoms with Crippen LogP contribution in [-0.4, -0.2) is 4.98 Å². The van der Waals surface area contributed by atoms with Gasteiger partial charge in [0.1, 0.15) is 5.76 Å². The number of nitrogens with one attached hydrogen (secondary N) is 1. The molecule has 1 atom stereocenters. The lowest BCUT2D eigenvalue weighted by Gasteiger charge is -2.11. The van der Waals surface area contributed by atoms with Gasteiger partial charge in [-0.1, -0.05) is 0 Å². The number of aromatic nitrogens is 1. The van der Waals surface area contributed by atoms with Crippen molar-refractivity contribution < 1.29 is 4.42 Å². The predicted molar refractivity (Wildman–Crippen MR) is 73.3 cm³/mol. The van der Waals surface area contributed by atoms with Crippen LogP contribution >= 0.6 is 27.3 Å². The molecule has 2 aromatic rings. The molecule has 17 heavy (non-hydrogen) atoms. The molecular weight excluding hydrogens is 300 g/mol. The zero-order chi connectivity index (χ0) is 12.4. The number of hydrogen-bond donors (Lipinski definition) is 1. The second kappa shape index (κ2) is 5.33. The SMILES string of the molecule is Cc1nc(C)c(C(C)NCc2ccc(Br)o2)s1. The van der Waals surface area contributed by atoms with Crippen LogP contribution in [0.4, 0.5) is 0 Å². The molecule has 3 nitrogen and oxygen atoms in total. The van der Waals surface area contributed by atoms with Crippen molar-refractivity contribution in [3.05, 3.63) is 38.1 Å². The minimum Gasteiger partial charge on any atom is -0.453 e. The van der Waals surface area contributed by atoms with E-state index in [1.165, 1.54) is 4.88 Å². The summed E-state index contributed by atoms with van der Waals surface area (Å²) in [5, 5.41) is 4.56. The fraction of sp³-hybridized carbons (Fsp3) is 0.417. The summed E-state index contributed by atoms with van der Waals surface area (Å²) < 4.78 is 6.22. The Morgan fingerprint density at radius 3 is 2.76 bits per heavy atom. The number of nitrogens with zero attached hydrogens (tertiary/aromatic N) is 1. The van der Waals surface area contributed by atoms with Gasteiger partial charge in [-0.3, -0.25) is 0 Å². The fourth-order valence-corrected chi connectivity index (χ4v) is 3.04. The molecule has 0 spiro atoms. The second-order valence-corrected chi connectivity index (χ2v) is 6.01. The Morgan fingerprint density at radius 2 is 2.24 bits per heavy atom. The van der Waals surface area contributed by atoms with Gasteiger partial charge in [0.25, 0.3) is 0 Å². The Balaban J connectivity index is 1.97. The van der Waals surface area contributed by atoms with Gasteiger partial charge in [-0.15, -0.1) is 11.3 Å². The smallest absolute Gasteiger partial charge is 0.169 e. The minimum atomic E-state index is 0.296. The Bertz CT molecular complexity index is 506. The van der Waals surface area contributed by atoms with Crippen LogP contribution < -0.4 is 5.32 Å². The number of thiazole rings is 1. The summed E-state index contributed by atoms with van der Waals surface area (Å²) in [6.45, 7) is 6.97. The topological polar surface area (TPSA) is 38.1 Å². The largest absolute Gasteiger partial charge is 0.453 e. The maximum atomic E-state index is 5.45. The Kier molecular flexibility index (Phi) is 4.01. The molecule has 1 N–H and O–H groups in total. The first-order valence-corrected chi connectivity index (χ1v) is 7.08. The third kappa shape index (κ3) is 3.18. The van der Waals surface area contributed by atoms with Crippen LogP contribution in [0.15, 0.2) is 21.2 Å². The van der Waals surface area contributed by atoms with E-state index in [4.69, 9.17) is 4.42 Å². The third-order valence-electron chi connectivity index (χ3n) is 2.54. The fourth-order valence-electron chi connectivity index (χ4n) is 1.74. The number of hydrogen-bond acceptors (Lipinski definition) is 4. The second-order valence-electron chi connectivity index (χ2n) is 3.99. The van der Waals surface area contributed by atoms with E-state index in [0.717, 1.165) is 27.7 Å². The highest BCUT2D eigenvalue weighted by atomic mass is 79.9. The van der Waals surface area contributed by atoms with Gasteiger partial charge in [-0.2, -0.15) is 0 Å². The molecular formula is C12H15BrN2OS. The van der Waals surface area contributed by atoms with E-state index in [1.54, 1.807) is 11.3 Å². The first kappa shape index (κ1) is 12.8. The van der Waals surface area contributed by atoms with Crippen LogP contribution in [0.1, 0.15) is 34.3 Å². The highest BCUT2D eigenvalue weighted by Crippen LogP contribution is 2.24. The minimum absolute atomic E-state index is 0.296. The van der Waals surface area contributed by atoms with Gasteiger partial charge in [0, 0.05) is 10.9 Å². The normalized spacial score (nSPS) is 12.9. The first-order chi connectivity index (χ1) is 8.06. The Labute approximate surface area is 113 Å². The number of halogens is 1. The molecule has 1 unspecified atom stereocenters. The van der Waals surface area contributed by atoms with Crippen LogP contribution in [0.25, 0.3) is 0 Å². The maximum absolute atomic E-state index is 5.45. The van der Waals surface area contributed by atoms with E-state index in [9.17, 15) is 0 Å². The van der Waals surface area contributed by atoms with E-state index in [1.807, 2.05) is 19.1 Å². The van der Waals surface area contributed by atoms with Gasteiger partial charge in [0.05, 0.1) is 17.2 Å². The Hall–Kier alpha value is -0.650. The van der Waals surface area contributed by atoms with Crippen LogP contribution in [-0.2, 0) is 6.54 Å². The van der Waals surface area contributed by atoms with Gasteiger partial charge in [0.15, 0.2) is 4.67 Å². The summed E-state index contributed by atoms with van der Waals surface area (Å²) in [4.78, 5) is 5.74. The van der Waals surface area contributed by atoms with Crippen molar-refractivity contribution in [2.75, 3.05) is 0 Å². The molecule has 0 amide bonds. The van der Waals surface area contributed by atoms with E-state index in [-0.39, 0.29) is 0 Å². The summed E-state index contributed by atoms with van der Waals surface area (Å²) in [5.41, 5.74) is 1.12.